The molecule has 0 unspecified atom stereocenters. The van der Waals surface area contributed by atoms with Crippen LogP contribution in [-0.2, 0) is 14.3 Å². The zero-order valence-corrected chi connectivity index (χ0v) is 12.4. The lowest BCUT2D eigenvalue weighted by molar-refractivity contribution is -0.142. The number of ether oxygens (including phenoxy) is 1. The van der Waals surface area contributed by atoms with E-state index < -0.39 is 17.5 Å². The second kappa shape index (κ2) is 5.93. The zero-order valence-electron chi connectivity index (χ0n) is 12.4. The standard InChI is InChI=1S/C19H14O4/c1-23-19(22)17(18(20)21)11-16-14-8-4-2-6-12(14)10-13-7-3-5-9-15(13)16/h2-11H,1H3,(H,20,21)/b17-11-. The number of carboxylic acid groups (broad SMARTS) is 1. The van der Waals surface area contributed by atoms with Crippen molar-refractivity contribution in [3.05, 3.63) is 65.7 Å². The van der Waals surface area contributed by atoms with Gasteiger partial charge in [-0.3, -0.25) is 0 Å². The summed E-state index contributed by atoms with van der Waals surface area (Å²) in [5, 5.41) is 13.0. The SMILES string of the molecule is COC(=O)/C(=C\c1c2ccccc2cc2ccccc12)C(=O)O. The van der Waals surface area contributed by atoms with Gasteiger partial charge in [0.25, 0.3) is 0 Å². The molecular formula is C19H14O4. The molecule has 0 aromatic heterocycles. The van der Waals surface area contributed by atoms with Gasteiger partial charge in [0.05, 0.1) is 7.11 Å². The number of benzene rings is 3. The summed E-state index contributed by atoms with van der Waals surface area (Å²) in [6.07, 6.45) is 1.39. The molecule has 0 aliphatic rings. The average molecular weight is 306 g/mol. The molecule has 0 amide bonds. The van der Waals surface area contributed by atoms with E-state index in [-0.39, 0.29) is 0 Å². The van der Waals surface area contributed by atoms with Crippen LogP contribution in [0.4, 0.5) is 0 Å². The highest BCUT2D eigenvalue weighted by atomic mass is 16.5. The molecule has 114 valence electrons. The van der Waals surface area contributed by atoms with Crippen LogP contribution in [0.5, 0.6) is 0 Å². The lowest BCUT2D eigenvalue weighted by Crippen LogP contribution is -2.13. The van der Waals surface area contributed by atoms with E-state index in [9.17, 15) is 14.7 Å². The lowest BCUT2D eigenvalue weighted by Gasteiger charge is -2.09. The molecule has 0 saturated heterocycles. The quantitative estimate of drug-likeness (QED) is 0.264. The zero-order chi connectivity index (χ0) is 16.4. The van der Waals surface area contributed by atoms with Gasteiger partial charge in [-0.25, -0.2) is 9.59 Å². The van der Waals surface area contributed by atoms with E-state index >= 15 is 0 Å². The van der Waals surface area contributed by atoms with E-state index in [4.69, 9.17) is 0 Å². The third-order valence-corrected chi connectivity index (χ3v) is 3.74. The maximum absolute atomic E-state index is 11.8. The van der Waals surface area contributed by atoms with Gasteiger partial charge in [-0.2, -0.15) is 0 Å². The predicted molar refractivity (Wildman–Crippen MR) is 89.1 cm³/mol. The van der Waals surface area contributed by atoms with Crippen molar-refractivity contribution >= 4 is 39.6 Å². The average Bonchev–Trinajstić information content (AvgIpc) is 2.57. The summed E-state index contributed by atoms with van der Waals surface area (Å²) in [7, 11) is 1.17. The third-order valence-electron chi connectivity index (χ3n) is 3.74. The Morgan fingerprint density at radius 1 is 0.957 bits per heavy atom. The Labute approximate surface area is 132 Å². The van der Waals surface area contributed by atoms with E-state index in [2.05, 4.69) is 4.74 Å². The molecule has 23 heavy (non-hydrogen) atoms. The summed E-state index contributed by atoms with van der Waals surface area (Å²) in [6, 6.07) is 17.4. The first-order valence-electron chi connectivity index (χ1n) is 7.05. The number of carbonyl (C=O) groups is 2. The Hall–Kier alpha value is -3.14. The summed E-state index contributed by atoms with van der Waals surface area (Å²) in [5.41, 5.74) is 0.301. The summed E-state index contributed by atoms with van der Waals surface area (Å²) in [5.74, 6) is -2.18. The summed E-state index contributed by atoms with van der Waals surface area (Å²) in [4.78, 5) is 23.2. The predicted octanol–water partition coefficient (Wildman–Crippen LogP) is 3.63. The van der Waals surface area contributed by atoms with Gasteiger partial charge in [-0.05, 0) is 39.3 Å². The van der Waals surface area contributed by atoms with Crippen molar-refractivity contribution in [2.45, 2.75) is 0 Å². The Kier molecular flexibility index (Phi) is 3.81. The minimum absolute atomic E-state index is 0.394. The van der Waals surface area contributed by atoms with Crippen LogP contribution in [-0.4, -0.2) is 24.2 Å². The van der Waals surface area contributed by atoms with E-state index in [0.29, 0.717) is 5.56 Å². The van der Waals surface area contributed by atoms with Crippen LogP contribution < -0.4 is 0 Å². The van der Waals surface area contributed by atoms with Crippen LogP contribution in [0.25, 0.3) is 27.6 Å². The lowest BCUT2D eigenvalue weighted by atomic mass is 9.95. The number of fused-ring (bicyclic) bond motifs is 2. The second-order valence-electron chi connectivity index (χ2n) is 5.09. The molecule has 0 fully saturated rings. The Balaban J connectivity index is 2.41. The third kappa shape index (κ3) is 2.66. The molecule has 0 aliphatic heterocycles. The molecule has 3 rings (SSSR count). The molecule has 0 saturated carbocycles. The first-order valence-corrected chi connectivity index (χ1v) is 7.05. The van der Waals surface area contributed by atoms with Crippen molar-refractivity contribution < 1.29 is 19.4 Å². The van der Waals surface area contributed by atoms with Gasteiger partial charge >= 0.3 is 11.9 Å². The monoisotopic (exact) mass is 306 g/mol. The molecule has 4 heteroatoms. The Morgan fingerprint density at radius 3 is 1.96 bits per heavy atom. The van der Waals surface area contributed by atoms with Gasteiger partial charge in [0.1, 0.15) is 5.57 Å². The highest BCUT2D eigenvalue weighted by Crippen LogP contribution is 2.30. The van der Waals surface area contributed by atoms with Crippen LogP contribution in [0.15, 0.2) is 60.2 Å². The first-order chi connectivity index (χ1) is 11.1. The Morgan fingerprint density at radius 2 is 1.48 bits per heavy atom. The number of hydrogen-bond donors (Lipinski definition) is 1. The number of hydrogen-bond acceptors (Lipinski definition) is 3. The fourth-order valence-electron chi connectivity index (χ4n) is 2.67. The molecule has 0 spiro atoms. The summed E-state index contributed by atoms with van der Waals surface area (Å²) >= 11 is 0. The van der Waals surface area contributed by atoms with Crippen molar-refractivity contribution in [1.29, 1.82) is 0 Å². The fourth-order valence-corrected chi connectivity index (χ4v) is 2.67. The fraction of sp³-hybridized carbons (Fsp3) is 0.0526. The van der Waals surface area contributed by atoms with Gasteiger partial charge < -0.3 is 9.84 Å². The van der Waals surface area contributed by atoms with Crippen LogP contribution in [0.1, 0.15) is 5.56 Å². The molecule has 3 aromatic carbocycles. The minimum atomic E-state index is -1.31. The topological polar surface area (TPSA) is 63.6 Å². The van der Waals surface area contributed by atoms with Crippen LogP contribution in [0.3, 0.4) is 0 Å². The van der Waals surface area contributed by atoms with Crippen molar-refractivity contribution in [2.75, 3.05) is 7.11 Å². The molecule has 0 aliphatic carbocycles. The van der Waals surface area contributed by atoms with Gasteiger partial charge in [0, 0.05) is 0 Å². The minimum Gasteiger partial charge on any atom is -0.477 e. The largest absolute Gasteiger partial charge is 0.477 e. The van der Waals surface area contributed by atoms with Crippen LogP contribution >= 0.6 is 0 Å². The molecule has 0 radical (unpaired) electrons. The molecule has 4 nitrogen and oxygen atoms in total. The summed E-state index contributed by atoms with van der Waals surface area (Å²) < 4.78 is 4.58. The number of carboxylic acids is 1. The highest BCUT2D eigenvalue weighted by Gasteiger charge is 2.19. The number of rotatable bonds is 3. The maximum Gasteiger partial charge on any atom is 0.345 e. The number of aliphatic carboxylic acids is 1. The number of esters is 1. The maximum atomic E-state index is 11.8. The van der Waals surface area contributed by atoms with E-state index in [1.165, 1.54) is 13.2 Å². The van der Waals surface area contributed by atoms with Crippen molar-refractivity contribution in [1.82, 2.24) is 0 Å². The number of methoxy groups -OCH3 is 1. The second-order valence-corrected chi connectivity index (χ2v) is 5.09. The first kappa shape index (κ1) is 14.8. The molecule has 0 atom stereocenters. The van der Waals surface area contributed by atoms with Crippen molar-refractivity contribution in [3.63, 3.8) is 0 Å². The van der Waals surface area contributed by atoms with Crippen molar-refractivity contribution in [3.8, 4) is 0 Å². The van der Waals surface area contributed by atoms with Gasteiger partial charge in [-0.1, -0.05) is 48.5 Å². The molecule has 0 bridgehead atoms. The molecule has 0 heterocycles. The molecule has 3 aromatic rings. The number of carbonyl (C=O) groups excluding carboxylic acids is 1. The normalized spacial score (nSPS) is 11.6. The smallest absolute Gasteiger partial charge is 0.345 e. The van der Waals surface area contributed by atoms with Gasteiger partial charge in [-0.15, -0.1) is 0 Å². The van der Waals surface area contributed by atoms with E-state index in [1.807, 2.05) is 54.6 Å². The van der Waals surface area contributed by atoms with E-state index in [1.54, 1.807) is 0 Å². The van der Waals surface area contributed by atoms with Crippen LogP contribution in [0, 0.1) is 0 Å². The van der Waals surface area contributed by atoms with Gasteiger partial charge in [0.15, 0.2) is 0 Å². The molecule has 1 N–H and O–H groups in total. The van der Waals surface area contributed by atoms with Gasteiger partial charge in [0.2, 0.25) is 0 Å². The molecular weight excluding hydrogens is 292 g/mol. The van der Waals surface area contributed by atoms with E-state index in [0.717, 1.165) is 21.5 Å². The summed E-state index contributed by atoms with van der Waals surface area (Å²) in [6.45, 7) is 0. The van der Waals surface area contributed by atoms with Crippen molar-refractivity contribution in [2.24, 2.45) is 0 Å². The Bertz CT molecular complexity index is 900. The highest BCUT2D eigenvalue weighted by molar-refractivity contribution is 6.19. The van der Waals surface area contributed by atoms with Crippen LogP contribution in [0.2, 0.25) is 0 Å².